The van der Waals surface area contributed by atoms with Gasteiger partial charge in [-0.25, -0.2) is 4.98 Å². The summed E-state index contributed by atoms with van der Waals surface area (Å²) in [5, 5.41) is 0.355. The van der Waals surface area contributed by atoms with Gasteiger partial charge in [0, 0.05) is 13.0 Å². The Morgan fingerprint density at radius 3 is 2.75 bits per heavy atom. The van der Waals surface area contributed by atoms with Crippen LogP contribution in [-0.2, 0) is 4.79 Å². The summed E-state index contributed by atoms with van der Waals surface area (Å²) in [6.45, 7) is 3.14. The van der Waals surface area contributed by atoms with Gasteiger partial charge in [0.1, 0.15) is 5.15 Å². The molecular weight excluding hydrogens is 178 g/mol. The molecule has 0 atom stereocenters. The van der Waals surface area contributed by atoms with Crippen molar-refractivity contribution >= 4 is 17.6 Å². The van der Waals surface area contributed by atoms with E-state index in [-0.39, 0.29) is 5.88 Å². The van der Waals surface area contributed by atoms with E-state index in [4.69, 9.17) is 16.3 Å². The number of pyridine rings is 1. The van der Waals surface area contributed by atoms with Crippen LogP contribution >= 0.6 is 11.6 Å². The van der Waals surface area contributed by atoms with Crippen LogP contribution in [0.25, 0.3) is 0 Å². The molecule has 0 unspecified atom stereocenters. The second-order valence-electron chi connectivity index (χ2n) is 2.35. The minimum absolute atomic E-state index is 0.234. The zero-order chi connectivity index (χ0) is 9.14. The molecule has 0 fully saturated rings. The molecule has 1 rings (SSSR count). The molecule has 0 aromatic carbocycles. The summed E-state index contributed by atoms with van der Waals surface area (Å²) in [4.78, 5) is 14.3. The number of ether oxygens (including phenoxy) is 1. The lowest BCUT2D eigenvalue weighted by Crippen LogP contribution is -2.03. The van der Waals surface area contributed by atoms with E-state index < -0.39 is 5.97 Å². The molecule has 4 heteroatoms. The Morgan fingerprint density at radius 1 is 1.58 bits per heavy atom. The maximum atomic E-state index is 10.5. The largest absolute Gasteiger partial charge is 0.408 e. The molecule has 0 N–H and O–H groups in total. The van der Waals surface area contributed by atoms with Crippen LogP contribution in [0.4, 0.5) is 0 Å². The van der Waals surface area contributed by atoms with Crippen molar-refractivity contribution in [2.24, 2.45) is 0 Å². The number of halogens is 1. The van der Waals surface area contributed by atoms with E-state index in [9.17, 15) is 4.79 Å². The first-order chi connectivity index (χ1) is 5.59. The number of hydrogen-bond acceptors (Lipinski definition) is 3. The van der Waals surface area contributed by atoms with Gasteiger partial charge in [0.2, 0.25) is 5.88 Å². The molecule has 0 bridgehead atoms. The first-order valence-corrected chi connectivity index (χ1v) is 3.79. The van der Waals surface area contributed by atoms with Gasteiger partial charge in [-0.2, -0.15) is 0 Å². The molecule has 1 heterocycles. The number of rotatable bonds is 1. The van der Waals surface area contributed by atoms with Gasteiger partial charge in [0.25, 0.3) is 0 Å². The zero-order valence-corrected chi connectivity index (χ0v) is 7.55. The van der Waals surface area contributed by atoms with Crippen LogP contribution in [0.2, 0.25) is 5.15 Å². The van der Waals surface area contributed by atoms with Crippen molar-refractivity contribution in [3.8, 4) is 5.88 Å². The maximum absolute atomic E-state index is 10.5. The summed E-state index contributed by atoms with van der Waals surface area (Å²) < 4.78 is 4.72. The second-order valence-corrected chi connectivity index (χ2v) is 2.71. The standard InChI is InChI=1S/C8H8ClNO2/c1-5-3-4-7(10-8(5)9)12-6(2)11/h3-4H,1-2H3. The lowest BCUT2D eigenvalue weighted by Gasteiger charge is -2.01. The van der Waals surface area contributed by atoms with Crippen LogP contribution in [0.3, 0.4) is 0 Å². The number of carbonyl (C=O) groups excluding carboxylic acids is 1. The zero-order valence-electron chi connectivity index (χ0n) is 6.80. The average Bonchev–Trinajstić information content (AvgIpc) is 1.96. The Kier molecular flexibility index (Phi) is 2.65. The van der Waals surface area contributed by atoms with Crippen LogP contribution in [0, 0.1) is 6.92 Å². The number of carbonyl (C=O) groups is 1. The minimum Gasteiger partial charge on any atom is -0.408 e. The number of aryl methyl sites for hydroxylation is 1. The van der Waals surface area contributed by atoms with Crippen LogP contribution in [-0.4, -0.2) is 11.0 Å². The lowest BCUT2D eigenvalue weighted by molar-refractivity contribution is -0.132. The third-order valence-corrected chi connectivity index (χ3v) is 1.64. The predicted octanol–water partition coefficient (Wildman–Crippen LogP) is 1.97. The van der Waals surface area contributed by atoms with E-state index >= 15 is 0 Å². The third-order valence-electron chi connectivity index (χ3n) is 1.26. The van der Waals surface area contributed by atoms with Gasteiger partial charge in [-0.1, -0.05) is 17.7 Å². The van der Waals surface area contributed by atoms with E-state index in [1.54, 1.807) is 12.1 Å². The van der Waals surface area contributed by atoms with E-state index in [2.05, 4.69) is 4.98 Å². The summed E-state index contributed by atoms with van der Waals surface area (Å²) in [6, 6.07) is 3.34. The van der Waals surface area contributed by atoms with Gasteiger partial charge in [-0.3, -0.25) is 4.79 Å². The van der Waals surface area contributed by atoms with Gasteiger partial charge in [-0.15, -0.1) is 0 Å². The fourth-order valence-corrected chi connectivity index (χ4v) is 0.838. The Bertz CT molecular complexity index is 312. The van der Waals surface area contributed by atoms with Crippen molar-refractivity contribution in [3.63, 3.8) is 0 Å². The molecule has 0 amide bonds. The molecule has 0 saturated heterocycles. The van der Waals surface area contributed by atoms with Crippen molar-refractivity contribution in [1.29, 1.82) is 0 Å². The van der Waals surface area contributed by atoms with Crippen LogP contribution in [0.15, 0.2) is 12.1 Å². The minimum atomic E-state index is -0.401. The van der Waals surface area contributed by atoms with Gasteiger partial charge >= 0.3 is 5.97 Å². The number of nitrogens with zero attached hydrogens (tertiary/aromatic N) is 1. The fourth-order valence-electron chi connectivity index (χ4n) is 0.691. The summed E-state index contributed by atoms with van der Waals surface area (Å²) in [5.74, 6) is -0.166. The molecule has 0 radical (unpaired) electrons. The molecule has 3 nitrogen and oxygen atoms in total. The molecule has 1 aromatic heterocycles. The van der Waals surface area contributed by atoms with Crippen LogP contribution < -0.4 is 4.74 Å². The average molecular weight is 186 g/mol. The molecule has 0 aliphatic heterocycles. The lowest BCUT2D eigenvalue weighted by atomic mass is 10.3. The number of esters is 1. The van der Waals surface area contributed by atoms with Crippen LogP contribution in [0.5, 0.6) is 5.88 Å². The van der Waals surface area contributed by atoms with Crippen LogP contribution in [0.1, 0.15) is 12.5 Å². The van der Waals surface area contributed by atoms with Gasteiger partial charge in [0.15, 0.2) is 0 Å². The SMILES string of the molecule is CC(=O)Oc1ccc(C)c(Cl)n1. The van der Waals surface area contributed by atoms with E-state index in [1.807, 2.05) is 6.92 Å². The van der Waals surface area contributed by atoms with Crippen molar-refractivity contribution in [2.45, 2.75) is 13.8 Å². The first-order valence-electron chi connectivity index (χ1n) is 3.41. The molecule has 12 heavy (non-hydrogen) atoms. The van der Waals surface area contributed by atoms with Crippen molar-refractivity contribution in [2.75, 3.05) is 0 Å². The molecule has 0 aliphatic carbocycles. The molecule has 0 spiro atoms. The Balaban J connectivity index is 2.89. The second kappa shape index (κ2) is 3.54. The van der Waals surface area contributed by atoms with Crippen molar-refractivity contribution in [3.05, 3.63) is 22.8 Å². The normalized spacial score (nSPS) is 9.58. The van der Waals surface area contributed by atoms with Crippen molar-refractivity contribution in [1.82, 2.24) is 4.98 Å². The van der Waals surface area contributed by atoms with E-state index in [0.717, 1.165) is 5.56 Å². The fraction of sp³-hybridized carbons (Fsp3) is 0.250. The highest BCUT2D eigenvalue weighted by molar-refractivity contribution is 6.30. The predicted molar refractivity (Wildman–Crippen MR) is 45.3 cm³/mol. The molecule has 1 aromatic rings. The van der Waals surface area contributed by atoms with Gasteiger partial charge in [-0.05, 0) is 12.5 Å². The number of hydrogen-bond donors (Lipinski definition) is 0. The summed E-state index contributed by atoms with van der Waals surface area (Å²) in [6.07, 6.45) is 0. The first kappa shape index (κ1) is 9.00. The molecule has 64 valence electrons. The summed E-state index contributed by atoms with van der Waals surface area (Å²) >= 11 is 5.69. The highest BCUT2D eigenvalue weighted by Crippen LogP contribution is 2.16. The molecule has 0 saturated carbocycles. The van der Waals surface area contributed by atoms with Crippen molar-refractivity contribution < 1.29 is 9.53 Å². The molecular formula is C8H8ClNO2. The highest BCUT2D eigenvalue weighted by atomic mass is 35.5. The Labute approximate surface area is 75.3 Å². The summed E-state index contributed by atoms with van der Waals surface area (Å²) in [5.41, 5.74) is 0.854. The smallest absolute Gasteiger partial charge is 0.309 e. The number of aromatic nitrogens is 1. The van der Waals surface area contributed by atoms with Gasteiger partial charge in [0.05, 0.1) is 0 Å². The topological polar surface area (TPSA) is 39.2 Å². The molecule has 0 aliphatic rings. The van der Waals surface area contributed by atoms with Gasteiger partial charge < -0.3 is 4.74 Å². The monoisotopic (exact) mass is 185 g/mol. The maximum Gasteiger partial charge on any atom is 0.309 e. The Morgan fingerprint density at radius 2 is 2.25 bits per heavy atom. The summed E-state index contributed by atoms with van der Waals surface area (Å²) in [7, 11) is 0. The Hall–Kier alpha value is -1.09. The van der Waals surface area contributed by atoms with E-state index in [0.29, 0.717) is 5.15 Å². The highest BCUT2D eigenvalue weighted by Gasteiger charge is 2.01. The quantitative estimate of drug-likeness (QED) is 0.496. The third kappa shape index (κ3) is 2.20. The van der Waals surface area contributed by atoms with E-state index in [1.165, 1.54) is 6.92 Å².